The van der Waals surface area contributed by atoms with Crippen molar-refractivity contribution >= 4 is 18.3 Å². The van der Waals surface area contributed by atoms with Crippen LogP contribution in [0.5, 0.6) is 0 Å². The lowest BCUT2D eigenvalue weighted by molar-refractivity contribution is 0.0567. The first-order valence-electron chi connectivity index (χ1n) is 5.72. The van der Waals surface area contributed by atoms with Gasteiger partial charge in [-0.3, -0.25) is 9.89 Å². The molecule has 2 atom stereocenters. The summed E-state index contributed by atoms with van der Waals surface area (Å²) in [6.45, 7) is 3.53. The van der Waals surface area contributed by atoms with Crippen molar-refractivity contribution in [3.8, 4) is 0 Å². The molecule has 3 N–H and O–H groups in total. The molecule has 0 saturated carbocycles. The Morgan fingerprint density at radius 1 is 1.71 bits per heavy atom. The van der Waals surface area contributed by atoms with Crippen LogP contribution in [0, 0.1) is 5.92 Å². The third kappa shape index (κ3) is 2.98. The Labute approximate surface area is 107 Å². The molecule has 0 bridgehead atoms. The molecular weight excluding hydrogens is 240 g/mol. The number of aromatic nitrogens is 2. The Balaban J connectivity index is 0.00000144. The maximum atomic E-state index is 12.1. The van der Waals surface area contributed by atoms with Crippen molar-refractivity contribution in [1.29, 1.82) is 0 Å². The summed E-state index contributed by atoms with van der Waals surface area (Å²) < 4.78 is 0. The molecule has 0 spiro atoms. The summed E-state index contributed by atoms with van der Waals surface area (Å²) in [5.74, 6) is 0.666. The number of nitrogens with zero attached hydrogens (tertiary/aromatic N) is 2. The number of nitrogens with two attached hydrogens (primary N) is 1. The normalized spacial score (nSPS) is 24.2. The first-order valence-corrected chi connectivity index (χ1v) is 5.72. The van der Waals surface area contributed by atoms with Crippen molar-refractivity contribution in [3.05, 3.63) is 18.0 Å². The van der Waals surface area contributed by atoms with E-state index in [9.17, 15) is 4.79 Å². The zero-order valence-electron chi connectivity index (χ0n) is 9.93. The highest BCUT2D eigenvalue weighted by atomic mass is 35.5. The minimum Gasteiger partial charge on any atom is -0.333 e. The predicted molar refractivity (Wildman–Crippen MR) is 68.1 cm³/mol. The second kappa shape index (κ2) is 6.02. The standard InChI is InChI=1S/C11H18N4O.ClH/c1-8-3-5-15(9(6-8)7-12)11(16)10-2-4-13-14-10;/h2,4,8-9H,3,5-7,12H2,1H3,(H,13,14);1H. The number of hydrogen-bond acceptors (Lipinski definition) is 3. The number of halogens is 1. The van der Waals surface area contributed by atoms with Crippen molar-refractivity contribution < 1.29 is 4.79 Å². The molecule has 0 radical (unpaired) electrons. The Bertz CT molecular complexity index is 354. The molecule has 1 aliphatic rings. The third-order valence-corrected chi connectivity index (χ3v) is 3.24. The Kier molecular flexibility index (Phi) is 4.96. The molecule has 2 heterocycles. The largest absolute Gasteiger partial charge is 0.333 e. The molecule has 1 aromatic rings. The van der Waals surface area contributed by atoms with E-state index < -0.39 is 0 Å². The van der Waals surface area contributed by atoms with E-state index in [1.807, 2.05) is 4.90 Å². The van der Waals surface area contributed by atoms with Crippen LogP contribution in [0.15, 0.2) is 12.3 Å². The zero-order valence-corrected chi connectivity index (χ0v) is 10.7. The van der Waals surface area contributed by atoms with Crippen LogP contribution >= 0.6 is 12.4 Å². The number of aromatic amines is 1. The fraction of sp³-hybridized carbons (Fsp3) is 0.636. The summed E-state index contributed by atoms with van der Waals surface area (Å²) in [4.78, 5) is 14.0. The van der Waals surface area contributed by atoms with Gasteiger partial charge in [0, 0.05) is 25.3 Å². The van der Waals surface area contributed by atoms with E-state index in [1.165, 1.54) is 0 Å². The van der Waals surface area contributed by atoms with Gasteiger partial charge in [-0.1, -0.05) is 6.92 Å². The van der Waals surface area contributed by atoms with Crippen LogP contribution in [-0.2, 0) is 0 Å². The molecule has 17 heavy (non-hydrogen) atoms. The summed E-state index contributed by atoms with van der Waals surface area (Å²) in [6, 6.07) is 1.87. The number of hydrogen-bond donors (Lipinski definition) is 2. The summed E-state index contributed by atoms with van der Waals surface area (Å²) in [7, 11) is 0. The zero-order chi connectivity index (χ0) is 11.5. The third-order valence-electron chi connectivity index (χ3n) is 3.24. The number of carbonyl (C=O) groups excluding carboxylic acids is 1. The van der Waals surface area contributed by atoms with Gasteiger partial charge in [0.25, 0.3) is 5.91 Å². The lowest BCUT2D eigenvalue weighted by atomic mass is 9.92. The smallest absolute Gasteiger partial charge is 0.272 e. The number of nitrogens with one attached hydrogen (secondary N) is 1. The van der Waals surface area contributed by atoms with Crippen molar-refractivity contribution in [2.24, 2.45) is 11.7 Å². The van der Waals surface area contributed by atoms with Gasteiger partial charge in [-0.25, -0.2) is 0 Å². The molecule has 2 unspecified atom stereocenters. The number of H-pyrrole nitrogens is 1. The van der Waals surface area contributed by atoms with Crippen LogP contribution in [0.1, 0.15) is 30.3 Å². The van der Waals surface area contributed by atoms with Gasteiger partial charge in [0.2, 0.25) is 0 Å². The van der Waals surface area contributed by atoms with Gasteiger partial charge in [-0.15, -0.1) is 12.4 Å². The Morgan fingerprint density at radius 2 is 2.47 bits per heavy atom. The highest BCUT2D eigenvalue weighted by Crippen LogP contribution is 2.23. The molecule has 1 aliphatic heterocycles. The van der Waals surface area contributed by atoms with E-state index in [4.69, 9.17) is 5.73 Å². The number of amides is 1. The van der Waals surface area contributed by atoms with E-state index >= 15 is 0 Å². The molecule has 2 rings (SSSR count). The number of likely N-dealkylation sites (tertiary alicyclic amines) is 1. The Morgan fingerprint density at radius 3 is 3.06 bits per heavy atom. The SMILES string of the molecule is CC1CCN(C(=O)c2ccn[nH]2)C(CN)C1.Cl. The van der Waals surface area contributed by atoms with E-state index in [0.717, 1.165) is 19.4 Å². The molecule has 1 fully saturated rings. The average Bonchev–Trinajstić information content (AvgIpc) is 2.81. The van der Waals surface area contributed by atoms with Crippen molar-refractivity contribution in [1.82, 2.24) is 15.1 Å². The Hall–Kier alpha value is -1.07. The lowest BCUT2D eigenvalue weighted by Gasteiger charge is -2.37. The lowest BCUT2D eigenvalue weighted by Crippen LogP contribution is -2.49. The van der Waals surface area contributed by atoms with Gasteiger partial charge in [-0.05, 0) is 24.8 Å². The van der Waals surface area contributed by atoms with Gasteiger partial charge < -0.3 is 10.6 Å². The molecule has 1 amide bonds. The van der Waals surface area contributed by atoms with Crippen LogP contribution in [0.2, 0.25) is 0 Å². The van der Waals surface area contributed by atoms with Crippen molar-refractivity contribution in [2.45, 2.75) is 25.8 Å². The second-order valence-corrected chi connectivity index (χ2v) is 4.49. The van der Waals surface area contributed by atoms with E-state index in [2.05, 4.69) is 17.1 Å². The maximum absolute atomic E-state index is 12.1. The first-order chi connectivity index (χ1) is 7.72. The van der Waals surface area contributed by atoms with Crippen LogP contribution < -0.4 is 5.73 Å². The van der Waals surface area contributed by atoms with Crippen LogP contribution in [0.25, 0.3) is 0 Å². The fourth-order valence-corrected chi connectivity index (χ4v) is 2.27. The van der Waals surface area contributed by atoms with Crippen LogP contribution in [0.4, 0.5) is 0 Å². The number of rotatable bonds is 2. The van der Waals surface area contributed by atoms with Gasteiger partial charge in [-0.2, -0.15) is 5.10 Å². The molecule has 5 nitrogen and oxygen atoms in total. The minimum atomic E-state index is 0. The predicted octanol–water partition coefficient (Wildman–Crippen LogP) is 1.03. The van der Waals surface area contributed by atoms with Gasteiger partial charge in [0.1, 0.15) is 5.69 Å². The van der Waals surface area contributed by atoms with Crippen LogP contribution in [-0.4, -0.2) is 40.1 Å². The quantitative estimate of drug-likeness (QED) is 0.832. The summed E-state index contributed by atoms with van der Waals surface area (Å²) >= 11 is 0. The molecular formula is C11H19ClN4O. The van der Waals surface area contributed by atoms with Gasteiger partial charge in [0.05, 0.1) is 0 Å². The number of piperidine rings is 1. The highest BCUT2D eigenvalue weighted by molar-refractivity contribution is 5.92. The molecule has 96 valence electrons. The second-order valence-electron chi connectivity index (χ2n) is 4.49. The fourth-order valence-electron chi connectivity index (χ4n) is 2.27. The minimum absolute atomic E-state index is 0. The van der Waals surface area contributed by atoms with Crippen LogP contribution in [0.3, 0.4) is 0 Å². The summed E-state index contributed by atoms with van der Waals surface area (Å²) in [5, 5.41) is 6.51. The summed E-state index contributed by atoms with van der Waals surface area (Å²) in [5.41, 5.74) is 6.28. The molecule has 6 heteroatoms. The van der Waals surface area contributed by atoms with Gasteiger partial charge in [0.15, 0.2) is 0 Å². The van der Waals surface area contributed by atoms with Gasteiger partial charge >= 0.3 is 0 Å². The molecule has 1 aromatic heterocycles. The number of carbonyl (C=O) groups is 1. The topological polar surface area (TPSA) is 75.0 Å². The monoisotopic (exact) mass is 258 g/mol. The maximum Gasteiger partial charge on any atom is 0.272 e. The van der Waals surface area contributed by atoms with E-state index in [-0.39, 0.29) is 24.4 Å². The highest BCUT2D eigenvalue weighted by Gasteiger charge is 2.29. The van der Waals surface area contributed by atoms with E-state index in [0.29, 0.717) is 18.2 Å². The molecule has 0 aliphatic carbocycles. The first kappa shape index (κ1) is 14.0. The molecule has 0 aromatic carbocycles. The molecule has 1 saturated heterocycles. The average molecular weight is 259 g/mol. The van der Waals surface area contributed by atoms with Crippen molar-refractivity contribution in [2.75, 3.05) is 13.1 Å². The summed E-state index contributed by atoms with van der Waals surface area (Å²) in [6.07, 6.45) is 3.64. The van der Waals surface area contributed by atoms with E-state index in [1.54, 1.807) is 12.3 Å². The van der Waals surface area contributed by atoms with Crippen molar-refractivity contribution in [3.63, 3.8) is 0 Å².